The molecule has 90 valence electrons. The predicted octanol–water partition coefficient (Wildman–Crippen LogP) is 2.07. The molecule has 0 aliphatic heterocycles. The SMILES string of the molecule is CCN(CC)CCNC(C)c1ccccn1. The molecule has 3 heteroatoms. The van der Waals surface area contributed by atoms with Crippen LogP contribution in [0.3, 0.4) is 0 Å². The number of aromatic nitrogens is 1. The van der Waals surface area contributed by atoms with E-state index in [9.17, 15) is 0 Å². The maximum absolute atomic E-state index is 4.34. The fourth-order valence-corrected chi connectivity index (χ4v) is 1.72. The Morgan fingerprint density at radius 2 is 2.06 bits per heavy atom. The van der Waals surface area contributed by atoms with E-state index in [0.29, 0.717) is 6.04 Å². The van der Waals surface area contributed by atoms with E-state index in [-0.39, 0.29) is 0 Å². The lowest BCUT2D eigenvalue weighted by Crippen LogP contribution is -2.33. The minimum absolute atomic E-state index is 0.330. The van der Waals surface area contributed by atoms with Crippen molar-refractivity contribution in [2.45, 2.75) is 26.8 Å². The number of nitrogens with one attached hydrogen (secondary N) is 1. The topological polar surface area (TPSA) is 28.2 Å². The van der Waals surface area contributed by atoms with Crippen molar-refractivity contribution in [3.8, 4) is 0 Å². The van der Waals surface area contributed by atoms with Crippen molar-refractivity contribution in [3.05, 3.63) is 30.1 Å². The molecule has 0 fully saturated rings. The highest BCUT2D eigenvalue weighted by atomic mass is 15.1. The van der Waals surface area contributed by atoms with Gasteiger partial charge < -0.3 is 10.2 Å². The molecule has 1 aromatic heterocycles. The van der Waals surface area contributed by atoms with E-state index >= 15 is 0 Å². The molecule has 1 atom stereocenters. The molecule has 0 aromatic carbocycles. The molecule has 0 saturated carbocycles. The molecule has 0 radical (unpaired) electrons. The number of hydrogen-bond donors (Lipinski definition) is 1. The number of likely N-dealkylation sites (N-methyl/N-ethyl adjacent to an activating group) is 1. The third-order valence-electron chi connectivity index (χ3n) is 2.90. The molecule has 1 unspecified atom stereocenters. The Kier molecular flexibility index (Phi) is 6.04. The van der Waals surface area contributed by atoms with Gasteiger partial charge in [0.1, 0.15) is 0 Å². The summed E-state index contributed by atoms with van der Waals surface area (Å²) >= 11 is 0. The first-order chi connectivity index (χ1) is 7.77. The van der Waals surface area contributed by atoms with E-state index in [1.807, 2.05) is 18.3 Å². The van der Waals surface area contributed by atoms with Gasteiger partial charge in [0.15, 0.2) is 0 Å². The molecular weight excluding hydrogens is 198 g/mol. The Morgan fingerprint density at radius 1 is 1.31 bits per heavy atom. The van der Waals surface area contributed by atoms with Crippen LogP contribution in [0.1, 0.15) is 32.5 Å². The molecule has 1 heterocycles. The number of hydrogen-bond acceptors (Lipinski definition) is 3. The van der Waals surface area contributed by atoms with Crippen LogP contribution < -0.4 is 5.32 Å². The van der Waals surface area contributed by atoms with Crippen molar-refractivity contribution in [1.29, 1.82) is 0 Å². The first kappa shape index (κ1) is 13.1. The van der Waals surface area contributed by atoms with Crippen LogP contribution in [0, 0.1) is 0 Å². The average Bonchev–Trinajstić information content (AvgIpc) is 2.35. The van der Waals surface area contributed by atoms with Crippen LogP contribution in [-0.2, 0) is 0 Å². The molecule has 1 N–H and O–H groups in total. The van der Waals surface area contributed by atoms with Crippen LogP contribution >= 0.6 is 0 Å². The van der Waals surface area contributed by atoms with Crippen molar-refractivity contribution in [1.82, 2.24) is 15.2 Å². The molecule has 1 rings (SSSR count). The lowest BCUT2D eigenvalue weighted by atomic mass is 10.2. The Bertz CT molecular complexity index is 270. The van der Waals surface area contributed by atoms with E-state index in [2.05, 4.69) is 42.0 Å². The molecule has 0 amide bonds. The molecule has 0 aliphatic carbocycles. The quantitative estimate of drug-likeness (QED) is 0.764. The summed E-state index contributed by atoms with van der Waals surface area (Å²) in [6, 6.07) is 6.38. The lowest BCUT2D eigenvalue weighted by molar-refractivity contribution is 0.297. The number of rotatable bonds is 7. The smallest absolute Gasteiger partial charge is 0.0570 e. The molecule has 0 spiro atoms. The first-order valence-electron chi connectivity index (χ1n) is 6.14. The minimum atomic E-state index is 0.330. The summed E-state index contributed by atoms with van der Waals surface area (Å²) in [7, 11) is 0. The van der Waals surface area contributed by atoms with Gasteiger partial charge in [0, 0.05) is 25.3 Å². The molecular formula is C13H23N3. The molecule has 3 nitrogen and oxygen atoms in total. The van der Waals surface area contributed by atoms with Crippen LogP contribution in [0.2, 0.25) is 0 Å². The van der Waals surface area contributed by atoms with Gasteiger partial charge in [-0.2, -0.15) is 0 Å². The summed E-state index contributed by atoms with van der Waals surface area (Å²) in [5, 5.41) is 3.49. The Labute approximate surface area is 98.9 Å². The van der Waals surface area contributed by atoms with Crippen molar-refractivity contribution >= 4 is 0 Å². The van der Waals surface area contributed by atoms with E-state index < -0.39 is 0 Å². The van der Waals surface area contributed by atoms with E-state index in [4.69, 9.17) is 0 Å². The van der Waals surface area contributed by atoms with Gasteiger partial charge in [-0.1, -0.05) is 19.9 Å². The largest absolute Gasteiger partial charge is 0.308 e. The Hall–Kier alpha value is -0.930. The summed E-state index contributed by atoms with van der Waals surface area (Å²) in [6.07, 6.45) is 1.85. The van der Waals surface area contributed by atoms with Crippen molar-refractivity contribution in [2.24, 2.45) is 0 Å². The highest BCUT2D eigenvalue weighted by Gasteiger charge is 2.05. The van der Waals surface area contributed by atoms with Crippen molar-refractivity contribution in [3.63, 3.8) is 0 Å². The molecule has 0 bridgehead atoms. The van der Waals surface area contributed by atoms with Crippen LogP contribution in [-0.4, -0.2) is 36.1 Å². The predicted molar refractivity (Wildman–Crippen MR) is 68.4 cm³/mol. The van der Waals surface area contributed by atoms with E-state index in [0.717, 1.165) is 31.9 Å². The van der Waals surface area contributed by atoms with Gasteiger partial charge in [0.2, 0.25) is 0 Å². The van der Waals surface area contributed by atoms with Crippen LogP contribution in [0.25, 0.3) is 0 Å². The van der Waals surface area contributed by atoms with Gasteiger partial charge in [-0.15, -0.1) is 0 Å². The number of pyridine rings is 1. The van der Waals surface area contributed by atoms with Crippen LogP contribution in [0.15, 0.2) is 24.4 Å². The monoisotopic (exact) mass is 221 g/mol. The summed E-state index contributed by atoms with van der Waals surface area (Å²) in [4.78, 5) is 6.76. The zero-order valence-electron chi connectivity index (χ0n) is 10.6. The summed E-state index contributed by atoms with van der Waals surface area (Å²) in [6.45, 7) is 10.9. The zero-order chi connectivity index (χ0) is 11.8. The van der Waals surface area contributed by atoms with Gasteiger partial charge in [0.25, 0.3) is 0 Å². The maximum Gasteiger partial charge on any atom is 0.0570 e. The van der Waals surface area contributed by atoms with E-state index in [1.54, 1.807) is 0 Å². The second-order valence-corrected chi connectivity index (χ2v) is 3.96. The summed E-state index contributed by atoms with van der Waals surface area (Å²) in [5.41, 5.74) is 1.11. The first-order valence-corrected chi connectivity index (χ1v) is 6.14. The fraction of sp³-hybridized carbons (Fsp3) is 0.615. The van der Waals surface area contributed by atoms with Gasteiger partial charge >= 0.3 is 0 Å². The van der Waals surface area contributed by atoms with Gasteiger partial charge in [-0.3, -0.25) is 4.98 Å². The third kappa shape index (κ3) is 4.29. The highest BCUT2D eigenvalue weighted by Crippen LogP contribution is 2.06. The number of nitrogens with zero attached hydrogens (tertiary/aromatic N) is 2. The van der Waals surface area contributed by atoms with Crippen molar-refractivity contribution < 1.29 is 0 Å². The molecule has 16 heavy (non-hydrogen) atoms. The Balaban J connectivity index is 2.28. The average molecular weight is 221 g/mol. The van der Waals surface area contributed by atoms with Gasteiger partial charge in [-0.05, 0) is 32.1 Å². The second-order valence-electron chi connectivity index (χ2n) is 3.96. The third-order valence-corrected chi connectivity index (χ3v) is 2.90. The van der Waals surface area contributed by atoms with Gasteiger partial charge in [0.05, 0.1) is 5.69 Å². The Morgan fingerprint density at radius 3 is 2.62 bits per heavy atom. The van der Waals surface area contributed by atoms with Crippen LogP contribution in [0.5, 0.6) is 0 Å². The summed E-state index contributed by atoms with van der Waals surface area (Å²) in [5.74, 6) is 0. The minimum Gasteiger partial charge on any atom is -0.308 e. The van der Waals surface area contributed by atoms with Crippen molar-refractivity contribution in [2.75, 3.05) is 26.2 Å². The van der Waals surface area contributed by atoms with E-state index in [1.165, 1.54) is 0 Å². The molecule has 0 saturated heterocycles. The maximum atomic E-state index is 4.34. The van der Waals surface area contributed by atoms with Gasteiger partial charge in [-0.25, -0.2) is 0 Å². The van der Waals surface area contributed by atoms with Crippen LogP contribution in [0.4, 0.5) is 0 Å². The summed E-state index contributed by atoms with van der Waals surface area (Å²) < 4.78 is 0. The molecule has 1 aromatic rings. The standard InChI is InChI=1S/C13H23N3/c1-4-16(5-2)11-10-14-12(3)13-8-6-7-9-15-13/h6-9,12,14H,4-5,10-11H2,1-3H3. The highest BCUT2D eigenvalue weighted by molar-refractivity contribution is 5.07. The lowest BCUT2D eigenvalue weighted by Gasteiger charge is -2.20. The zero-order valence-corrected chi connectivity index (χ0v) is 10.6. The fourth-order valence-electron chi connectivity index (χ4n) is 1.72. The normalized spacial score (nSPS) is 13.0. The second kappa shape index (κ2) is 7.36. The molecule has 0 aliphatic rings.